The van der Waals surface area contributed by atoms with E-state index in [0.717, 1.165) is 58.5 Å². The van der Waals surface area contributed by atoms with E-state index in [2.05, 4.69) is 41.0 Å². The number of hydrogen-bond acceptors (Lipinski definition) is 5. The summed E-state index contributed by atoms with van der Waals surface area (Å²) in [6.45, 7) is 12.6. The number of aliphatic imine (C=N–C) groups is 1. The Balaban J connectivity index is 1.76. The maximum Gasteiger partial charge on any atom is 0.501 e. The number of hydrogen-bond donors (Lipinski definition) is 0. The molecular weight excluding hydrogens is 312 g/mol. The average Bonchev–Trinajstić information content (AvgIpc) is 2.36. The van der Waals surface area contributed by atoms with Crippen LogP contribution in [0.4, 0.5) is 0 Å². The zero-order valence-corrected chi connectivity index (χ0v) is 16.1. The second-order valence-electron chi connectivity index (χ2n) is 6.73. The van der Waals surface area contributed by atoms with Gasteiger partial charge in [-0.1, -0.05) is 25.6 Å². The molecule has 0 unspecified atom stereocenters. The van der Waals surface area contributed by atoms with Crippen LogP contribution in [0.3, 0.4) is 0 Å². The first-order chi connectivity index (χ1) is 10.5. The Hall–Kier alpha value is -0.496. The maximum absolute atomic E-state index is 5.99. The van der Waals surface area contributed by atoms with Crippen LogP contribution < -0.4 is 0 Å². The second-order valence-corrected chi connectivity index (χ2v) is 14.2. The highest BCUT2D eigenvalue weighted by Gasteiger charge is 2.43. The molecule has 124 valence electrons. The monoisotopic (exact) mass is 340 g/mol. The molecule has 0 aromatic carbocycles. The molecule has 0 aliphatic carbocycles. The highest BCUT2D eigenvalue weighted by Crippen LogP contribution is 2.21. The lowest BCUT2D eigenvalue weighted by Crippen LogP contribution is -2.55. The Kier molecular flexibility index (Phi) is 6.80. The Morgan fingerprint density at radius 3 is 2.23 bits per heavy atom. The summed E-state index contributed by atoms with van der Waals surface area (Å²) < 4.78 is 18.0. The summed E-state index contributed by atoms with van der Waals surface area (Å²) in [7, 11) is -3.75. The molecule has 3 fully saturated rings. The molecule has 3 aliphatic heterocycles. The van der Waals surface area contributed by atoms with E-state index in [1.807, 2.05) is 0 Å². The summed E-state index contributed by atoms with van der Waals surface area (Å²) in [5, 5.41) is 0. The fourth-order valence-electron chi connectivity index (χ4n) is 2.41. The summed E-state index contributed by atoms with van der Waals surface area (Å²) in [6.07, 6.45) is 2.68. The molecule has 3 heterocycles. The molecule has 5 nitrogen and oxygen atoms in total. The average molecular weight is 341 g/mol. The van der Waals surface area contributed by atoms with Crippen molar-refractivity contribution in [3.8, 4) is 11.5 Å². The summed E-state index contributed by atoms with van der Waals surface area (Å²) in [5.74, 6) is 3.06. The third kappa shape index (κ3) is 6.32. The highest BCUT2D eigenvalue weighted by atomic mass is 28.4. The Bertz CT molecular complexity index is 414. The van der Waals surface area contributed by atoms with Gasteiger partial charge in [0.25, 0.3) is 0 Å². The molecule has 3 rings (SSSR count). The van der Waals surface area contributed by atoms with Crippen LogP contribution in [0.5, 0.6) is 0 Å². The van der Waals surface area contributed by atoms with Crippen molar-refractivity contribution in [2.24, 2.45) is 4.99 Å². The van der Waals surface area contributed by atoms with E-state index in [4.69, 9.17) is 13.3 Å². The number of nitrogens with zero attached hydrogens (tertiary/aromatic N) is 2. The van der Waals surface area contributed by atoms with Crippen molar-refractivity contribution in [1.29, 1.82) is 0 Å². The van der Waals surface area contributed by atoms with E-state index < -0.39 is 16.9 Å². The molecule has 2 bridgehead atoms. The van der Waals surface area contributed by atoms with Gasteiger partial charge in [-0.3, -0.25) is 9.89 Å². The van der Waals surface area contributed by atoms with Gasteiger partial charge in [0.2, 0.25) is 0 Å². The van der Waals surface area contributed by atoms with Crippen LogP contribution in [-0.4, -0.2) is 74.0 Å². The van der Waals surface area contributed by atoms with Crippen molar-refractivity contribution >= 4 is 23.1 Å². The van der Waals surface area contributed by atoms with Crippen molar-refractivity contribution in [3.63, 3.8) is 0 Å². The van der Waals surface area contributed by atoms with E-state index in [-0.39, 0.29) is 0 Å². The van der Waals surface area contributed by atoms with Gasteiger partial charge in [-0.05, 0) is 6.42 Å². The second kappa shape index (κ2) is 8.38. The zero-order valence-electron chi connectivity index (χ0n) is 14.1. The number of fused-ring (bicyclic) bond motifs is 6. The van der Waals surface area contributed by atoms with Crippen LogP contribution in [0.2, 0.25) is 25.7 Å². The van der Waals surface area contributed by atoms with Crippen molar-refractivity contribution in [1.82, 2.24) is 4.90 Å². The van der Waals surface area contributed by atoms with E-state index in [1.54, 1.807) is 6.21 Å². The number of rotatable bonds is 4. The van der Waals surface area contributed by atoms with Gasteiger partial charge in [0, 0.05) is 32.2 Å². The Labute approximate surface area is 136 Å². The molecule has 7 heteroatoms. The van der Waals surface area contributed by atoms with Crippen LogP contribution >= 0.6 is 0 Å². The van der Waals surface area contributed by atoms with Gasteiger partial charge >= 0.3 is 8.80 Å². The van der Waals surface area contributed by atoms with Crippen LogP contribution in [0.1, 0.15) is 6.42 Å². The molecule has 22 heavy (non-hydrogen) atoms. The van der Waals surface area contributed by atoms with Gasteiger partial charge in [-0.15, -0.1) is 5.54 Å². The van der Waals surface area contributed by atoms with Crippen molar-refractivity contribution in [2.45, 2.75) is 32.1 Å². The fourth-order valence-corrected chi connectivity index (χ4v) is 5.39. The SMILES string of the molecule is C[Si](C)(C)C#CC=NCCC[Si]12OCCN(CCO1)CCO2. The van der Waals surface area contributed by atoms with Crippen LogP contribution in [0, 0.1) is 11.5 Å². The maximum atomic E-state index is 5.99. The first-order valence-electron chi connectivity index (χ1n) is 8.14. The first kappa shape index (κ1) is 17.9. The summed E-state index contributed by atoms with van der Waals surface area (Å²) >= 11 is 0. The standard InChI is InChI=1S/C15H28N2O3Si2/c1-21(2,3)14-4-6-16-7-5-15-22-18-11-8-17(9-12-19-22)10-13-20-22/h6H,5,7-13,15H2,1-3H3. The van der Waals surface area contributed by atoms with Gasteiger partial charge in [0.15, 0.2) is 0 Å². The van der Waals surface area contributed by atoms with E-state index in [1.165, 1.54) is 0 Å². The molecule has 0 amide bonds. The van der Waals surface area contributed by atoms with Gasteiger partial charge in [0.1, 0.15) is 8.07 Å². The molecule has 0 spiro atoms. The topological polar surface area (TPSA) is 43.3 Å². The lowest BCUT2D eigenvalue weighted by atomic mass is 10.4. The van der Waals surface area contributed by atoms with E-state index in [0.29, 0.717) is 0 Å². The first-order valence-corrected chi connectivity index (χ1v) is 13.6. The molecule has 0 saturated carbocycles. The quantitative estimate of drug-likeness (QED) is 0.338. The third-order valence-corrected chi connectivity index (χ3v) is 7.35. The Morgan fingerprint density at radius 2 is 1.68 bits per heavy atom. The molecule has 0 atom stereocenters. The third-order valence-electron chi connectivity index (χ3n) is 3.56. The van der Waals surface area contributed by atoms with Gasteiger partial charge in [-0.25, -0.2) is 0 Å². The minimum atomic E-state index is -2.46. The van der Waals surface area contributed by atoms with Crippen LogP contribution in [-0.2, 0) is 13.3 Å². The van der Waals surface area contributed by atoms with Crippen LogP contribution in [0.15, 0.2) is 4.99 Å². The fraction of sp³-hybridized carbons (Fsp3) is 0.800. The summed E-state index contributed by atoms with van der Waals surface area (Å²) in [5.41, 5.74) is 3.28. The molecule has 0 aromatic heterocycles. The predicted octanol–water partition coefficient (Wildman–Crippen LogP) is 1.65. The molecule has 0 aromatic rings. The normalized spacial score (nSPS) is 29.5. The van der Waals surface area contributed by atoms with Crippen molar-refractivity contribution in [2.75, 3.05) is 46.0 Å². The molecule has 0 N–H and O–H groups in total. The molecular formula is C15H28N2O3Si2. The lowest BCUT2D eigenvalue weighted by Gasteiger charge is -2.38. The van der Waals surface area contributed by atoms with Gasteiger partial charge < -0.3 is 13.3 Å². The summed E-state index contributed by atoms with van der Waals surface area (Å²) in [4.78, 5) is 6.71. The Morgan fingerprint density at radius 1 is 1.09 bits per heavy atom. The highest BCUT2D eigenvalue weighted by molar-refractivity contribution is 6.84. The smallest absolute Gasteiger partial charge is 0.372 e. The van der Waals surface area contributed by atoms with Crippen LogP contribution in [0.25, 0.3) is 0 Å². The molecule has 0 radical (unpaired) electrons. The molecule has 3 saturated heterocycles. The van der Waals surface area contributed by atoms with Gasteiger partial charge in [0.05, 0.1) is 26.0 Å². The molecule has 3 aliphatic rings. The van der Waals surface area contributed by atoms with E-state index in [9.17, 15) is 0 Å². The largest absolute Gasteiger partial charge is 0.501 e. The lowest BCUT2D eigenvalue weighted by molar-refractivity contribution is -0.00841. The van der Waals surface area contributed by atoms with Gasteiger partial charge in [-0.2, -0.15) is 0 Å². The van der Waals surface area contributed by atoms with E-state index >= 15 is 0 Å². The van der Waals surface area contributed by atoms with Crippen molar-refractivity contribution in [3.05, 3.63) is 0 Å². The van der Waals surface area contributed by atoms with Crippen molar-refractivity contribution < 1.29 is 13.3 Å². The predicted molar refractivity (Wildman–Crippen MR) is 94.0 cm³/mol. The summed E-state index contributed by atoms with van der Waals surface area (Å²) in [6, 6.07) is 0.853. The zero-order chi connectivity index (χ0) is 15.9. The minimum Gasteiger partial charge on any atom is -0.372 e. The minimum absolute atomic E-state index is 0.719.